The Bertz CT molecular complexity index is 406. The fourth-order valence-corrected chi connectivity index (χ4v) is 1.94. The Kier molecular flexibility index (Phi) is 6.25. The van der Waals surface area contributed by atoms with Crippen molar-refractivity contribution in [1.29, 1.82) is 0 Å². The van der Waals surface area contributed by atoms with Crippen LogP contribution in [0.1, 0.15) is 18.4 Å². The average Bonchev–Trinajstić information content (AvgIpc) is 3.15. The van der Waals surface area contributed by atoms with Gasteiger partial charge in [0.25, 0.3) is 0 Å². The lowest BCUT2D eigenvalue weighted by Gasteiger charge is -2.22. The second-order valence-electron chi connectivity index (χ2n) is 4.87. The lowest BCUT2D eigenvalue weighted by molar-refractivity contribution is -0.131. The molecule has 0 spiro atoms. The molecule has 1 N–H and O–H groups in total. The third-order valence-electron chi connectivity index (χ3n) is 3.14. The lowest BCUT2D eigenvalue weighted by Crippen LogP contribution is -2.38. The number of hydrogen-bond acceptors (Lipinski definition) is 2. The van der Waals surface area contributed by atoms with Gasteiger partial charge in [-0.05, 0) is 43.5 Å². The predicted molar refractivity (Wildman–Crippen MR) is 75.7 cm³/mol. The molecule has 1 amide bonds. The van der Waals surface area contributed by atoms with E-state index in [1.165, 1.54) is 25.0 Å². The van der Waals surface area contributed by atoms with Gasteiger partial charge < -0.3 is 10.2 Å². The van der Waals surface area contributed by atoms with E-state index in [-0.39, 0.29) is 24.1 Å². The highest BCUT2D eigenvalue weighted by molar-refractivity contribution is 5.85. The van der Waals surface area contributed by atoms with Crippen LogP contribution in [-0.4, -0.2) is 30.9 Å². The van der Waals surface area contributed by atoms with Crippen LogP contribution in [0.25, 0.3) is 0 Å². The Hall–Kier alpha value is -1.13. The fourth-order valence-electron chi connectivity index (χ4n) is 1.94. The summed E-state index contributed by atoms with van der Waals surface area (Å²) in [4.78, 5) is 13.8. The zero-order valence-electron chi connectivity index (χ0n) is 11.1. The Balaban J connectivity index is 0.00000180. The maximum absolute atomic E-state index is 12.8. The minimum Gasteiger partial charge on any atom is -0.337 e. The van der Waals surface area contributed by atoms with Crippen LogP contribution in [0.2, 0.25) is 0 Å². The van der Waals surface area contributed by atoms with Crippen molar-refractivity contribution < 1.29 is 9.18 Å². The van der Waals surface area contributed by atoms with Gasteiger partial charge in [-0.15, -0.1) is 12.4 Å². The van der Waals surface area contributed by atoms with Gasteiger partial charge in [0.05, 0.1) is 6.54 Å². The van der Waals surface area contributed by atoms with E-state index in [1.807, 2.05) is 4.90 Å². The molecule has 0 unspecified atom stereocenters. The van der Waals surface area contributed by atoms with E-state index in [2.05, 4.69) is 5.32 Å². The SMILES string of the molecule is CNCC(=O)N(Cc1ccc(F)cc1)CC1CC1.Cl. The van der Waals surface area contributed by atoms with Crippen molar-refractivity contribution in [2.75, 3.05) is 20.1 Å². The second kappa shape index (κ2) is 7.46. The molecule has 0 atom stereocenters. The topological polar surface area (TPSA) is 32.3 Å². The Morgan fingerprint density at radius 2 is 2.00 bits per heavy atom. The largest absolute Gasteiger partial charge is 0.337 e. The molecule has 0 radical (unpaired) electrons. The molecule has 0 saturated heterocycles. The van der Waals surface area contributed by atoms with Crippen molar-refractivity contribution in [3.8, 4) is 0 Å². The van der Waals surface area contributed by atoms with Gasteiger partial charge in [0, 0.05) is 13.1 Å². The van der Waals surface area contributed by atoms with Gasteiger partial charge >= 0.3 is 0 Å². The zero-order chi connectivity index (χ0) is 13.0. The van der Waals surface area contributed by atoms with E-state index in [4.69, 9.17) is 0 Å². The highest BCUT2D eigenvalue weighted by Crippen LogP contribution is 2.30. The van der Waals surface area contributed by atoms with Crippen molar-refractivity contribution in [3.05, 3.63) is 35.6 Å². The summed E-state index contributed by atoms with van der Waals surface area (Å²) in [6.45, 7) is 1.74. The smallest absolute Gasteiger partial charge is 0.236 e. The molecule has 1 fully saturated rings. The molecule has 1 saturated carbocycles. The number of likely N-dealkylation sites (N-methyl/N-ethyl adjacent to an activating group) is 1. The van der Waals surface area contributed by atoms with Gasteiger partial charge in [-0.2, -0.15) is 0 Å². The molecule has 106 valence electrons. The number of hydrogen-bond donors (Lipinski definition) is 1. The first-order chi connectivity index (χ1) is 8.69. The molecular formula is C14H20ClFN2O. The zero-order valence-corrected chi connectivity index (χ0v) is 11.9. The van der Waals surface area contributed by atoms with Gasteiger partial charge in [-0.3, -0.25) is 4.79 Å². The summed E-state index contributed by atoms with van der Waals surface area (Å²) in [6.07, 6.45) is 2.43. The van der Waals surface area contributed by atoms with Crippen LogP contribution < -0.4 is 5.32 Å². The monoisotopic (exact) mass is 286 g/mol. The summed E-state index contributed by atoms with van der Waals surface area (Å²) >= 11 is 0. The molecule has 0 aromatic heterocycles. The molecule has 5 heteroatoms. The highest BCUT2D eigenvalue weighted by Gasteiger charge is 2.26. The van der Waals surface area contributed by atoms with Crippen LogP contribution >= 0.6 is 12.4 Å². The third kappa shape index (κ3) is 5.17. The standard InChI is InChI=1S/C14H19FN2O.ClH/c1-16-8-14(18)17(9-11-2-3-11)10-12-4-6-13(15)7-5-12;/h4-7,11,16H,2-3,8-10H2,1H3;1H. The number of carbonyl (C=O) groups is 1. The van der Waals surface area contributed by atoms with E-state index >= 15 is 0 Å². The second-order valence-corrected chi connectivity index (χ2v) is 4.87. The van der Waals surface area contributed by atoms with E-state index in [0.29, 0.717) is 19.0 Å². The van der Waals surface area contributed by atoms with Gasteiger partial charge in [-0.25, -0.2) is 4.39 Å². The maximum atomic E-state index is 12.8. The van der Waals surface area contributed by atoms with Crippen LogP contribution in [0.5, 0.6) is 0 Å². The van der Waals surface area contributed by atoms with Gasteiger partial charge in [0.15, 0.2) is 0 Å². The molecule has 19 heavy (non-hydrogen) atoms. The fraction of sp³-hybridized carbons (Fsp3) is 0.500. The van der Waals surface area contributed by atoms with Gasteiger partial charge in [-0.1, -0.05) is 12.1 Å². The van der Waals surface area contributed by atoms with Crippen molar-refractivity contribution in [2.24, 2.45) is 5.92 Å². The van der Waals surface area contributed by atoms with E-state index < -0.39 is 0 Å². The van der Waals surface area contributed by atoms with Gasteiger partial charge in [0.1, 0.15) is 5.82 Å². The summed E-state index contributed by atoms with van der Waals surface area (Å²) < 4.78 is 12.8. The number of rotatable bonds is 6. The molecule has 3 nitrogen and oxygen atoms in total. The van der Waals surface area contributed by atoms with E-state index in [0.717, 1.165) is 12.1 Å². The van der Waals surface area contributed by atoms with Crippen LogP contribution in [0.4, 0.5) is 4.39 Å². The molecular weight excluding hydrogens is 267 g/mol. The quantitative estimate of drug-likeness (QED) is 0.870. The minimum absolute atomic E-state index is 0. The molecule has 1 aliphatic carbocycles. The normalized spacial score (nSPS) is 13.8. The van der Waals surface area contributed by atoms with Crippen LogP contribution in [0.3, 0.4) is 0 Å². The lowest BCUT2D eigenvalue weighted by atomic mass is 10.2. The van der Waals surface area contributed by atoms with Crippen molar-refractivity contribution in [2.45, 2.75) is 19.4 Å². The predicted octanol–water partition coefficient (Wildman–Crippen LogP) is 2.21. The van der Waals surface area contributed by atoms with E-state index in [9.17, 15) is 9.18 Å². The number of nitrogens with zero attached hydrogens (tertiary/aromatic N) is 1. The Morgan fingerprint density at radius 3 is 2.53 bits per heavy atom. The number of carbonyl (C=O) groups excluding carboxylic acids is 1. The number of amides is 1. The Morgan fingerprint density at radius 1 is 1.37 bits per heavy atom. The van der Waals surface area contributed by atoms with Crippen molar-refractivity contribution >= 4 is 18.3 Å². The maximum Gasteiger partial charge on any atom is 0.236 e. The Labute approximate surface area is 119 Å². The van der Waals surface area contributed by atoms with Crippen LogP contribution in [0.15, 0.2) is 24.3 Å². The first-order valence-electron chi connectivity index (χ1n) is 6.36. The minimum atomic E-state index is -0.242. The molecule has 0 heterocycles. The van der Waals surface area contributed by atoms with Crippen molar-refractivity contribution in [3.63, 3.8) is 0 Å². The molecule has 0 aliphatic heterocycles. The highest BCUT2D eigenvalue weighted by atomic mass is 35.5. The molecule has 1 aromatic rings. The molecule has 0 bridgehead atoms. The van der Waals surface area contributed by atoms with Gasteiger partial charge in [0.2, 0.25) is 5.91 Å². The summed E-state index contributed by atoms with van der Waals surface area (Å²) in [5, 5.41) is 2.89. The summed E-state index contributed by atoms with van der Waals surface area (Å²) in [7, 11) is 1.77. The summed E-state index contributed by atoms with van der Waals surface area (Å²) in [6, 6.07) is 6.35. The van der Waals surface area contributed by atoms with E-state index in [1.54, 1.807) is 19.2 Å². The summed E-state index contributed by atoms with van der Waals surface area (Å²) in [5.74, 6) is 0.522. The number of benzene rings is 1. The third-order valence-corrected chi connectivity index (χ3v) is 3.14. The average molecular weight is 287 g/mol. The molecule has 2 rings (SSSR count). The molecule has 1 aromatic carbocycles. The van der Waals surface area contributed by atoms with Crippen LogP contribution in [-0.2, 0) is 11.3 Å². The first-order valence-corrected chi connectivity index (χ1v) is 6.36. The van der Waals surface area contributed by atoms with Crippen molar-refractivity contribution in [1.82, 2.24) is 10.2 Å². The molecule has 1 aliphatic rings. The summed E-state index contributed by atoms with van der Waals surface area (Å²) in [5.41, 5.74) is 0.974. The number of nitrogens with one attached hydrogen (secondary N) is 1. The number of halogens is 2. The first kappa shape index (κ1) is 15.9. The van der Waals surface area contributed by atoms with Crippen LogP contribution in [0, 0.1) is 11.7 Å².